The maximum Gasteiger partial charge on any atom is 0.164 e. The standard InChI is InChI=1S/C4H10NOP/c1-3(5-2)4(6)7/h3,5H,7H2,1-2H3. The van der Waals surface area contributed by atoms with Crippen LogP contribution in [-0.2, 0) is 4.79 Å². The van der Waals surface area contributed by atoms with Crippen molar-refractivity contribution in [3.63, 3.8) is 0 Å². The summed E-state index contributed by atoms with van der Waals surface area (Å²) in [4.78, 5) is 10.3. The molecule has 0 heterocycles. The molecule has 0 saturated heterocycles. The van der Waals surface area contributed by atoms with E-state index in [1.54, 1.807) is 7.05 Å². The van der Waals surface area contributed by atoms with Gasteiger partial charge in [-0.3, -0.25) is 4.79 Å². The third kappa shape index (κ3) is 2.72. The van der Waals surface area contributed by atoms with Gasteiger partial charge < -0.3 is 5.32 Å². The summed E-state index contributed by atoms with van der Waals surface area (Å²) < 4.78 is 0. The van der Waals surface area contributed by atoms with Crippen LogP contribution in [0.2, 0.25) is 0 Å². The molecule has 2 nitrogen and oxygen atoms in total. The Balaban J connectivity index is 3.34. The van der Waals surface area contributed by atoms with E-state index in [1.807, 2.05) is 6.92 Å². The molecule has 7 heavy (non-hydrogen) atoms. The van der Waals surface area contributed by atoms with Crippen LogP contribution in [0.25, 0.3) is 0 Å². The van der Waals surface area contributed by atoms with Crippen LogP contribution in [-0.4, -0.2) is 18.6 Å². The van der Waals surface area contributed by atoms with Gasteiger partial charge in [-0.05, 0) is 14.0 Å². The van der Waals surface area contributed by atoms with E-state index in [4.69, 9.17) is 0 Å². The van der Waals surface area contributed by atoms with Gasteiger partial charge in [-0.1, -0.05) is 9.24 Å². The summed E-state index contributed by atoms with van der Waals surface area (Å²) in [6.45, 7) is 1.81. The average Bonchev–Trinajstić information content (AvgIpc) is 1.65. The molecule has 0 fully saturated rings. The summed E-state index contributed by atoms with van der Waals surface area (Å²) in [5, 5.41) is 2.79. The minimum atomic E-state index is -0.0231. The van der Waals surface area contributed by atoms with Gasteiger partial charge in [0, 0.05) is 0 Å². The molecule has 0 amide bonds. The van der Waals surface area contributed by atoms with Crippen molar-refractivity contribution in [2.24, 2.45) is 0 Å². The van der Waals surface area contributed by atoms with E-state index < -0.39 is 0 Å². The summed E-state index contributed by atoms with van der Waals surface area (Å²) in [6, 6.07) is -0.0231. The van der Waals surface area contributed by atoms with E-state index in [9.17, 15) is 4.79 Å². The predicted octanol–water partition coefficient (Wildman–Crippen LogP) is -0.00400. The van der Waals surface area contributed by atoms with Gasteiger partial charge in [0.1, 0.15) is 0 Å². The zero-order chi connectivity index (χ0) is 5.86. The van der Waals surface area contributed by atoms with Crippen molar-refractivity contribution in [3.05, 3.63) is 0 Å². The molecule has 2 atom stereocenters. The van der Waals surface area contributed by atoms with E-state index in [1.165, 1.54) is 0 Å². The topological polar surface area (TPSA) is 29.1 Å². The second kappa shape index (κ2) is 3.11. The summed E-state index contributed by atoms with van der Waals surface area (Å²) in [6.07, 6.45) is 0. The molecule has 0 bridgehead atoms. The van der Waals surface area contributed by atoms with E-state index in [-0.39, 0.29) is 11.6 Å². The third-order valence-corrected chi connectivity index (χ3v) is 1.36. The van der Waals surface area contributed by atoms with E-state index >= 15 is 0 Å². The molecule has 3 heteroatoms. The van der Waals surface area contributed by atoms with Gasteiger partial charge in [-0.15, -0.1) is 0 Å². The lowest BCUT2D eigenvalue weighted by Gasteiger charge is -2.01. The monoisotopic (exact) mass is 119 g/mol. The molecule has 0 radical (unpaired) electrons. The van der Waals surface area contributed by atoms with Gasteiger partial charge in [-0.2, -0.15) is 0 Å². The SMILES string of the molecule is CNC(C)C(=O)P. The van der Waals surface area contributed by atoms with Crippen LogP contribution in [0.5, 0.6) is 0 Å². The molecule has 0 aliphatic carbocycles. The van der Waals surface area contributed by atoms with Gasteiger partial charge in [0.05, 0.1) is 6.04 Å². The van der Waals surface area contributed by atoms with Crippen molar-refractivity contribution in [1.29, 1.82) is 0 Å². The Bertz CT molecular complexity index is 74.1. The number of carbonyl (C=O) groups excluding carboxylic acids is 1. The Morgan fingerprint density at radius 1 is 1.86 bits per heavy atom. The van der Waals surface area contributed by atoms with Gasteiger partial charge in [0.25, 0.3) is 0 Å². The Hall–Kier alpha value is 0.0600. The molecular weight excluding hydrogens is 109 g/mol. The second-order valence-corrected chi connectivity index (χ2v) is 1.98. The normalized spacial score (nSPS) is 13.6. The quantitative estimate of drug-likeness (QED) is 0.518. The third-order valence-electron chi connectivity index (χ3n) is 0.860. The van der Waals surface area contributed by atoms with Gasteiger partial charge in [-0.25, -0.2) is 0 Å². The molecule has 0 aliphatic heterocycles. The number of hydrogen-bond donors (Lipinski definition) is 1. The largest absolute Gasteiger partial charge is 0.310 e. The molecule has 2 unspecified atom stereocenters. The van der Waals surface area contributed by atoms with E-state index in [2.05, 4.69) is 14.6 Å². The lowest BCUT2D eigenvalue weighted by Crippen LogP contribution is -2.26. The zero-order valence-electron chi connectivity index (χ0n) is 4.56. The lowest BCUT2D eigenvalue weighted by atomic mass is 10.4. The minimum absolute atomic E-state index is 0.0231. The van der Waals surface area contributed by atoms with E-state index in [0.29, 0.717) is 0 Å². The van der Waals surface area contributed by atoms with Gasteiger partial charge >= 0.3 is 0 Å². The highest BCUT2D eigenvalue weighted by atomic mass is 31.0. The number of likely N-dealkylation sites (N-methyl/N-ethyl adjacent to an activating group) is 1. The Morgan fingerprint density at radius 3 is 2.29 bits per heavy atom. The van der Waals surface area contributed by atoms with Crippen molar-refractivity contribution in [2.75, 3.05) is 7.05 Å². The first-order valence-corrected chi connectivity index (χ1v) is 2.72. The highest BCUT2D eigenvalue weighted by Gasteiger charge is 2.00. The van der Waals surface area contributed by atoms with Crippen LogP contribution in [0, 0.1) is 0 Å². The first-order valence-electron chi connectivity index (χ1n) is 2.15. The van der Waals surface area contributed by atoms with Crippen molar-refractivity contribution < 1.29 is 4.79 Å². The summed E-state index contributed by atoms with van der Waals surface area (Å²) in [7, 11) is 3.87. The fraction of sp³-hybridized carbons (Fsp3) is 0.750. The van der Waals surface area contributed by atoms with Crippen molar-refractivity contribution >= 4 is 14.8 Å². The predicted molar refractivity (Wildman–Crippen MR) is 33.2 cm³/mol. The highest BCUT2D eigenvalue weighted by Crippen LogP contribution is 1.89. The lowest BCUT2D eigenvalue weighted by molar-refractivity contribution is -0.112. The summed E-state index contributed by atoms with van der Waals surface area (Å²) >= 11 is 0. The molecule has 42 valence electrons. The second-order valence-electron chi connectivity index (χ2n) is 1.41. The number of rotatable bonds is 2. The maximum atomic E-state index is 10.3. The maximum absolute atomic E-state index is 10.3. The first kappa shape index (κ1) is 7.06. The van der Waals surface area contributed by atoms with Crippen molar-refractivity contribution in [2.45, 2.75) is 13.0 Å². The number of hydrogen-bond acceptors (Lipinski definition) is 2. The Kier molecular flexibility index (Phi) is 3.14. The molecule has 1 N–H and O–H groups in total. The minimum Gasteiger partial charge on any atom is -0.310 e. The van der Waals surface area contributed by atoms with Crippen LogP contribution < -0.4 is 5.32 Å². The molecule has 0 aromatic rings. The molecule has 0 saturated carbocycles. The van der Waals surface area contributed by atoms with Crippen LogP contribution >= 0.6 is 9.24 Å². The fourth-order valence-electron chi connectivity index (χ4n) is 0.142. The van der Waals surface area contributed by atoms with Gasteiger partial charge in [0.2, 0.25) is 0 Å². The molecule has 0 spiro atoms. The number of nitrogens with one attached hydrogen (secondary N) is 1. The van der Waals surface area contributed by atoms with Gasteiger partial charge in [0.15, 0.2) is 5.52 Å². The summed E-state index contributed by atoms with van der Waals surface area (Å²) in [5.41, 5.74) is 0.0995. The smallest absolute Gasteiger partial charge is 0.164 e. The van der Waals surface area contributed by atoms with E-state index in [0.717, 1.165) is 0 Å². The molecular formula is C4H10NOP. The molecule has 0 rings (SSSR count). The molecule has 0 aromatic heterocycles. The van der Waals surface area contributed by atoms with Crippen molar-refractivity contribution in [3.8, 4) is 0 Å². The van der Waals surface area contributed by atoms with Crippen LogP contribution in [0.4, 0.5) is 0 Å². The highest BCUT2D eigenvalue weighted by molar-refractivity contribution is 7.40. The fourth-order valence-corrected chi connectivity index (χ4v) is 0.309. The van der Waals surface area contributed by atoms with Crippen molar-refractivity contribution in [1.82, 2.24) is 5.32 Å². The van der Waals surface area contributed by atoms with Crippen LogP contribution in [0.1, 0.15) is 6.92 Å². The molecule has 0 aliphatic rings. The number of carbonyl (C=O) groups is 1. The van der Waals surface area contributed by atoms with Crippen LogP contribution in [0.3, 0.4) is 0 Å². The average molecular weight is 119 g/mol. The summed E-state index contributed by atoms with van der Waals surface area (Å²) in [5.74, 6) is 0. The zero-order valence-corrected chi connectivity index (χ0v) is 5.72. The van der Waals surface area contributed by atoms with Crippen LogP contribution in [0.15, 0.2) is 0 Å². The first-order chi connectivity index (χ1) is 3.18. The molecule has 0 aromatic carbocycles. The Labute approximate surface area is 45.9 Å². The Morgan fingerprint density at radius 2 is 2.29 bits per heavy atom.